The predicted molar refractivity (Wildman–Crippen MR) is 86.7 cm³/mol. The molecular formula is C15H15N3OS2. The third-order valence-corrected chi connectivity index (χ3v) is 5.03. The number of thiophene rings is 1. The van der Waals surface area contributed by atoms with E-state index in [1.165, 1.54) is 11.8 Å². The number of amides is 1. The topological polar surface area (TPSA) is 46.4 Å². The fourth-order valence-corrected chi connectivity index (χ4v) is 3.49. The average Bonchev–Trinajstić information content (AvgIpc) is 3.15. The summed E-state index contributed by atoms with van der Waals surface area (Å²) in [5, 5.41) is 5.62. The number of carbonyl (C=O) groups excluding carboxylic acids is 1. The fraction of sp³-hybridized carbons (Fsp3) is 0.200. The van der Waals surface area contributed by atoms with Crippen molar-refractivity contribution in [2.45, 2.75) is 23.9 Å². The molecule has 0 bridgehead atoms. The standard InChI is InChI=1S/C15H15N3OS2/c1-11(14(19)16-10-13-6-4-8-20-13)21-15-17-9-12-5-2-3-7-18(12)15/h2-9,11H,10H2,1H3,(H,16,19). The summed E-state index contributed by atoms with van der Waals surface area (Å²) in [6.45, 7) is 2.49. The molecule has 0 saturated carbocycles. The largest absolute Gasteiger partial charge is 0.350 e. The molecule has 0 fully saturated rings. The molecule has 4 nitrogen and oxygen atoms in total. The van der Waals surface area contributed by atoms with Crippen molar-refractivity contribution in [1.82, 2.24) is 14.7 Å². The summed E-state index contributed by atoms with van der Waals surface area (Å²) in [6.07, 6.45) is 3.78. The Morgan fingerprint density at radius 3 is 3.14 bits per heavy atom. The SMILES string of the molecule is CC(Sc1ncc2ccccn12)C(=O)NCc1cccs1. The molecule has 6 heteroatoms. The molecule has 3 rings (SSSR count). The molecule has 0 radical (unpaired) electrons. The number of imidazole rings is 1. The second-order valence-electron chi connectivity index (χ2n) is 4.59. The normalized spacial score (nSPS) is 12.4. The number of rotatable bonds is 5. The second-order valence-corrected chi connectivity index (χ2v) is 6.93. The van der Waals surface area contributed by atoms with E-state index in [1.54, 1.807) is 11.3 Å². The summed E-state index contributed by atoms with van der Waals surface area (Å²) in [5.74, 6) is 0.0288. The summed E-state index contributed by atoms with van der Waals surface area (Å²) in [6, 6.07) is 9.94. The summed E-state index contributed by atoms with van der Waals surface area (Å²) < 4.78 is 1.99. The minimum Gasteiger partial charge on any atom is -0.350 e. The molecule has 1 amide bonds. The van der Waals surface area contributed by atoms with Crippen molar-refractivity contribution >= 4 is 34.5 Å². The Hall–Kier alpha value is -1.79. The minimum absolute atomic E-state index is 0.0288. The van der Waals surface area contributed by atoms with Gasteiger partial charge < -0.3 is 5.32 Å². The molecule has 0 aliphatic heterocycles. The molecular weight excluding hydrogens is 302 g/mol. The van der Waals surface area contributed by atoms with Gasteiger partial charge >= 0.3 is 0 Å². The van der Waals surface area contributed by atoms with E-state index in [4.69, 9.17) is 0 Å². The van der Waals surface area contributed by atoms with Crippen LogP contribution in [0.1, 0.15) is 11.8 Å². The first-order valence-electron chi connectivity index (χ1n) is 6.63. The van der Waals surface area contributed by atoms with Gasteiger partial charge in [-0.25, -0.2) is 4.98 Å². The predicted octanol–water partition coefficient (Wildman–Crippen LogP) is 3.19. The van der Waals surface area contributed by atoms with Crippen molar-refractivity contribution in [3.63, 3.8) is 0 Å². The molecule has 3 heterocycles. The number of nitrogens with zero attached hydrogens (tertiary/aromatic N) is 2. The summed E-state index contributed by atoms with van der Waals surface area (Å²) in [7, 11) is 0. The fourth-order valence-electron chi connectivity index (χ4n) is 1.95. The number of nitrogens with one attached hydrogen (secondary N) is 1. The van der Waals surface area contributed by atoms with Crippen LogP contribution < -0.4 is 5.32 Å². The molecule has 3 aromatic rings. The van der Waals surface area contributed by atoms with Crippen molar-refractivity contribution in [2.24, 2.45) is 0 Å². The van der Waals surface area contributed by atoms with Gasteiger partial charge in [0.2, 0.25) is 5.91 Å². The van der Waals surface area contributed by atoms with Gasteiger partial charge in [-0.05, 0) is 30.5 Å². The van der Waals surface area contributed by atoms with Crippen molar-refractivity contribution in [2.75, 3.05) is 0 Å². The first-order chi connectivity index (χ1) is 10.2. The molecule has 1 atom stereocenters. The molecule has 108 valence electrons. The molecule has 3 aromatic heterocycles. The highest BCUT2D eigenvalue weighted by molar-refractivity contribution is 8.00. The number of hydrogen-bond donors (Lipinski definition) is 1. The van der Waals surface area contributed by atoms with Gasteiger partial charge in [0, 0.05) is 11.1 Å². The van der Waals surface area contributed by atoms with Crippen molar-refractivity contribution in [1.29, 1.82) is 0 Å². The van der Waals surface area contributed by atoms with E-state index in [1.807, 2.05) is 59.4 Å². The highest BCUT2D eigenvalue weighted by atomic mass is 32.2. The first kappa shape index (κ1) is 14.2. The van der Waals surface area contributed by atoms with Crippen LogP contribution in [0.25, 0.3) is 5.52 Å². The van der Waals surface area contributed by atoms with E-state index in [0.29, 0.717) is 6.54 Å². The monoisotopic (exact) mass is 317 g/mol. The highest BCUT2D eigenvalue weighted by Crippen LogP contribution is 2.23. The molecule has 1 unspecified atom stereocenters. The zero-order valence-electron chi connectivity index (χ0n) is 11.5. The van der Waals surface area contributed by atoms with Crippen LogP contribution in [-0.4, -0.2) is 20.5 Å². The number of pyridine rings is 1. The third kappa shape index (κ3) is 3.28. The van der Waals surface area contributed by atoms with Gasteiger partial charge in [0.05, 0.1) is 23.5 Å². The lowest BCUT2D eigenvalue weighted by molar-refractivity contribution is -0.120. The Labute approximate surface area is 131 Å². The van der Waals surface area contributed by atoms with E-state index in [9.17, 15) is 4.79 Å². The number of fused-ring (bicyclic) bond motifs is 1. The van der Waals surface area contributed by atoms with E-state index in [2.05, 4.69) is 10.3 Å². The average molecular weight is 317 g/mol. The number of aromatic nitrogens is 2. The lowest BCUT2D eigenvalue weighted by Gasteiger charge is -2.10. The number of hydrogen-bond acceptors (Lipinski definition) is 4. The maximum Gasteiger partial charge on any atom is 0.233 e. The van der Waals surface area contributed by atoms with Crippen LogP contribution >= 0.6 is 23.1 Å². The second kappa shape index (κ2) is 6.32. The maximum absolute atomic E-state index is 12.1. The molecule has 0 aliphatic rings. The number of carbonyl (C=O) groups is 1. The van der Waals surface area contributed by atoms with Crippen LogP contribution in [0.5, 0.6) is 0 Å². The zero-order valence-corrected chi connectivity index (χ0v) is 13.2. The van der Waals surface area contributed by atoms with Crippen molar-refractivity contribution < 1.29 is 4.79 Å². The summed E-state index contributed by atoms with van der Waals surface area (Å²) in [4.78, 5) is 17.7. The molecule has 0 spiro atoms. The smallest absolute Gasteiger partial charge is 0.233 e. The van der Waals surface area contributed by atoms with Crippen LogP contribution in [0, 0.1) is 0 Å². The van der Waals surface area contributed by atoms with Gasteiger partial charge in [-0.3, -0.25) is 9.20 Å². The molecule has 0 aromatic carbocycles. The van der Waals surface area contributed by atoms with E-state index >= 15 is 0 Å². The Bertz CT molecular complexity index is 736. The van der Waals surface area contributed by atoms with Crippen LogP contribution in [-0.2, 0) is 11.3 Å². The van der Waals surface area contributed by atoms with Crippen LogP contribution in [0.2, 0.25) is 0 Å². The quantitative estimate of drug-likeness (QED) is 0.735. The Kier molecular flexibility index (Phi) is 4.26. The minimum atomic E-state index is -0.184. The van der Waals surface area contributed by atoms with Crippen LogP contribution in [0.15, 0.2) is 53.3 Å². The zero-order chi connectivity index (χ0) is 14.7. The van der Waals surface area contributed by atoms with Crippen LogP contribution in [0.3, 0.4) is 0 Å². The Morgan fingerprint density at radius 2 is 2.33 bits per heavy atom. The third-order valence-electron chi connectivity index (χ3n) is 3.07. The molecule has 1 N–H and O–H groups in total. The molecule has 21 heavy (non-hydrogen) atoms. The Morgan fingerprint density at radius 1 is 1.43 bits per heavy atom. The lowest BCUT2D eigenvalue weighted by atomic mass is 10.4. The van der Waals surface area contributed by atoms with Gasteiger partial charge in [-0.2, -0.15) is 0 Å². The lowest BCUT2D eigenvalue weighted by Crippen LogP contribution is -2.30. The van der Waals surface area contributed by atoms with Gasteiger partial charge in [0.25, 0.3) is 0 Å². The first-order valence-corrected chi connectivity index (χ1v) is 8.39. The summed E-state index contributed by atoms with van der Waals surface area (Å²) >= 11 is 3.11. The highest BCUT2D eigenvalue weighted by Gasteiger charge is 2.16. The van der Waals surface area contributed by atoms with E-state index in [-0.39, 0.29) is 11.2 Å². The molecule has 0 saturated heterocycles. The molecule has 0 aliphatic carbocycles. The van der Waals surface area contributed by atoms with E-state index < -0.39 is 0 Å². The Balaban J connectivity index is 1.62. The van der Waals surface area contributed by atoms with Gasteiger partial charge in [-0.1, -0.05) is 23.9 Å². The van der Waals surface area contributed by atoms with Gasteiger partial charge in [-0.15, -0.1) is 11.3 Å². The number of thioether (sulfide) groups is 1. The van der Waals surface area contributed by atoms with Crippen molar-refractivity contribution in [3.8, 4) is 0 Å². The van der Waals surface area contributed by atoms with Crippen LogP contribution in [0.4, 0.5) is 0 Å². The van der Waals surface area contributed by atoms with Crippen molar-refractivity contribution in [3.05, 3.63) is 53.0 Å². The van der Waals surface area contributed by atoms with E-state index in [0.717, 1.165) is 15.6 Å². The maximum atomic E-state index is 12.1. The van der Waals surface area contributed by atoms with Gasteiger partial charge in [0.15, 0.2) is 5.16 Å². The summed E-state index contributed by atoms with van der Waals surface area (Å²) in [5.41, 5.74) is 1.03. The van der Waals surface area contributed by atoms with Gasteiger partial charge in [0.1, 0.15) is 0 Å².